The zero-order valence-electron chi connectivity index (χ0n) is 14.8. The van der Waals surface area contributed by atoms with Crippen molar-refractivity contribution in [2.75, 3.05) is 12.4 Å². The first kappa shape index (κ1) is 18.0. The lowest BCUT2D eigenvalue weighted by Crippen LogP contribution is -2.40. The number of nitrogens with one attached hydrogen (secondary N) is 2. The Labute approximate surface area is 144 Å². The normalized spacial score (nSPS) is 13.2. The fraction of sp³-hybridized carbons (Fsp3) is 0.350. The van der Waals surface area contributed by atoms with Gasteiger partial charge in [-0.2, -0.15) is 0 Å². The summed E-state index contributed by atoms with van der Waals surface area (Å²) in [5.74, 6) is 0.798. The van der Waals surface area contributed by atoms with Crippen molar-refractivity contribution in [2.24, 2.45) is 0 Å². The van der Waals surface area contributed by atoms with Crippen LogP contribution in [-0.4, -0.2) is 19.1 Å². The minimum Gasteiger partial charge on any atom is -0.497 e. The average Bonchev–Trinajstić information content (AvgIpc) is 2.59. The van der Waals surface area contributed by atoms with Crippen LogP contribution in [0.25, 0.3) is 0 Å². The first-order chi connectivity index (χ1) is 11.5. The van der Waals surface area contributed by atoms with Crippen LogP contribution < -0.4 is 15.4 Å². The van der Waals surface area contributed by atoms with Gasteiger partial charge in [0, 0.05) is 11.7 Å². The van der Waals surface area contributed by atoms with Crippen LogP contribution in [0.5, 0.6) is 5.75 Å². The topological polar surface area (TPSA) is 50.4 Å². The minimum atomic E-state index is -0.294. The van der Waals surface area contributed by atoms with Gasteiger partial charge in [0.2, 0.25) is 5.91 Å². The molecule has 0 bridgehead atoms. The van der Waals surface area contributed by atoms with Crippen molar-refractivity contribution in [1.82, 2.24) is 5.32 Å². The molecule has 128 valence electrons. The second kappa shape index (κ2) is 8.50. The predicted molar refractivity (Wildman–Crippen MR) is 98.4 cm³/mol. The van der Waals surface area contributed by atoms with Crippen molar-refractivity contribution in [3.8, 4) is 5.75 Å². The molecule has 0 aliphatic carbocycles. The summed E-state index contributed by atoms with van der Waals surface area (Å²) in [4.78, 5) is 12.4. The Morgan fingerprint density at radius 3 is 2.46 bits per heavy atom. The highest BCUT2D eigenvalue weighted by molar-refractivity contribution is 5.94. The summed E-state index contributed by atoms with van der Waals surface area (Å²) in [5, 5.41) is 6.36. The van der Waals surface area contributed by atoms with Crippen molar-refractivity contribution in [3.05, 3.63) is 59.7 Å². The third-order valence-electron chi connectivity index (χ3n) is 4.06. The summed E-state index contributed by atoms with van der Waals surface area (Å²) in [5.41, 5.74) is 3.10. The number of hydrogen-bond acceptors (Lipinski definition) is 3. The molecule has 2 rings (SSSR count). The van der Waals surface area contributed by atoms with Crippen LogP contribution in [0.15, 0.2) is 48.5 Å². The fourth-order valence-electron chi connectivity index (χ4n) is 2.64. The van der Waals surface area contributed by atoms with E-state index >= 15 is 0 Å². The SMILES string of the molecule is CC[C@@H](N[C@@H](C)C(=O)Nc1cccc(C)c1)c1ccc(OC)cc1. The molecule has 0 fully saturated rings. The van der Waals surface area contributed by atoms with E-state index in [1.165, 1.54) is 0 Å². The number of anilines is 1. The Morgan fingerprint density at radius 1 is 1.17 bits per heavy atom. The molecule has 2 atom stereocenters. The second-order valence-corrected chi connectivity index (χ2v) is 5.98. The molecule has 1 amide bonds. The predicted octanol–water partition coefficient (Wildman–Crippen LogP) is 4.07. The maximum Gasteiger partial charge on any atom is 0.241 e. The van der Waals surface area contributed by atoms with Crippen LogP contribution in [0.1, 0.15) is 37.4 Å². The molecule has 0 aliphatic rings. The summed E-state index contributed by atoms with van der Waals surface area (Å²) in [6.07, 6.45) is 0.897. The van der Waals surface area contributed by atoms with Gasteiger partial charge in [-0.3, -0.25) is 10.1 Å². The van der Waals surface area contributed by atoms with Gasteiger partial charge in [0.15, 0.2) is 0 Å². The van der Waals surface area contributed by atoms with Crippen molar-refractivity contribution in [2.45, 2.75) is 39.3 Å². The summed E-state index contributed by atoms with van der Waals surface area (Å²) in [7, 11) is 1.66. The van der Waals surface area contributed by atoms with E-state index in [1.807, 2.05) is 62.4 Å². The van der Waals surface area contributed by atoms with Crippen molar-refractivity contribution in [3.63, 3.8) is 0 Å². The molecule has 2 aromatic carbocycles. The molecule has 0 spiro atoms. The van der Waals surface area contributed by atoms with E-state index < -0.39 is 0 Å². The van der Waals surface area contributed by atoms with Crippen LogP contribution in [0.3, 0.4) is 0 Å². The van der Waals surface area contributed by atoms with E-state index in [2.05, 4.69) is 17.6 Å². The number of rotatable bonds is 7. The van der Waals surface area contributed by atoms with Crippen LogP contribution in [0.2, 0.25) is 0 Å². The molecular weight excluding hydrogens is 300 g/mol. The van der Waals surface area contributed by atoms with E-state index in [0.717, 1.165) is 29.0 Å². The van der Waals surface area contributed by atoms with Crippen LogP contribution in [0, 0.1) is 6.92 Å². The molecule has 0 heterocycles. The summed E-state index contributed by atoms with van der Waals surface area (Å²) < 4.78 is 5.19. The van der Waals surface area contributed by atoms with Gasteiger partial charge in [-0.15, -0.1) is 0 Å². The quantitative estimate of drug-likeness (QED) is 0.806. The van der Waals surface area contributed by atoms with Crippen LogP contribution in [-0.2, 0) is 4.79 Å². The molecule has 0 saturated carbocycles. The number of benzene rings is 2. The van der Waals surface area contributed by atoms with Gasteiger partial charge in [0.25, 0.3) is 0 Å². The molecule has 2 N–H and O–H groups in total. The smallest absolute Gasteiger partial charge is 0.241 e. The molecule has 0 aliphatic heterocycles. The highest BCUT2D eigenvalue weighted by atomic mass is 16.5. The average molecular weight is 326 g/mol. The molecule has 2 aromatic rings. The van der Waals surface area contributed by atoms with Crippen molar-refractivity contribution >= 4 is 11.6 Å². The van der Waals surface area contributed by atoms with E-state index in [1.54, 1.807) is 7.11 Å². The summed E-state index contributed by atoms with van der Waals surface area (Å²) in [6.45, 7) is 6.00. The zero-order valence-corrected chi connectivity index (χ0v) is 14.8. The van der Waals surface area contributed by atoms with E-state index in [4.69, 9.17) is 4.74 Å². The zero-order chi connectivity index (χ0) is 17.5. The lowest BCUT2D eigenvalue weighted by molar-refractivity contribution is -0.118. The molecule has 0 unspecified atom stereocenters. The molecule has 4 heteroatoms. The first-order valence-corrected chi connectivity index (χ1v) is 8.31. The summed E-state index contributed by atoms with van der Waals surface area (Å²) >= 11 is 0. The third-order valence-corrected chi connectivity index (χ3v) is 4.06. The Bertz CT molecular complexity index is 668. The van der Waals surface area contributed by atoms with Gasteiger partial charge in [-0.25, -0.2) is 0 Å². The van der Waals surface area contributed by atoms with Gasteiger partial charge in [0.1, 0.15) is 5.75 Å². The molecule has 0 aromatic heterocycles. The van der Waals surface area contributed by atoms with Gasteiger partial charge < -0.3 is 10.1 Å². The number of ether oxygens (including phenoxy) is 1. The largest absolute Gasteiger partial charge is 0.497 e. The minimum absolute atomic E-state index is 0.0347. The molecular formula is C20H26N2O2. The highest BCUT2D eigenvalue weighted by Gasteiger charge is 2.18. The lowest BCUT2D eigenvalue weighted by atomic mass is 10.0. The number of aryl methyl sites for hydroxylation is 1. The molecule has 4 nitrogen and oxygen atoms in total. The fourth-order valence-corrected chi connectivity index (χ4v) is 2.64. The molecule has 0 saturated heterocycles. The standard InChI is InChI=1S/C20H26N2O2/c1-5-19(16-9-11-18(24-4)12-10-16)21-15(3)20(23)22-17-8-6-7-14(2)13-17/h6-13,15,19,21H,5H2,1-4H3,(H,22,23)/t15-,19+/m0/s1. The molecule has 24 heavy (non-hydrogen) atoms. The number of carbonyl (C=O) groups is 1. The van der Waals surface area contributed by atoms with Gasteiger partial charge in [0.05, 0.1) is 13.2 Å². The monoisotopic (exact) mass is 326 g/mol. The Kier molecular flexibility index (Phi) is 6.38. The maximum atomic E-state index is 12.4. The number of amides is 1. The third kappa shape index (κ3) is 4.83. The Morgan fingerprint density at radius 2 is 1.88 bits per heavy atom. The van der Waals surface area contributed by atoms with Gasteiger partial charge >= 0.3 is 0 Å². The highest BCUT2D eigenvalue weighted by Crippen LogP contribution is 2.21. The number of hydrogen-bond donors (Lipinski definition) is 2. The summed E-state index contributed by atoms with van der Waals surface area (Å²) in [6, 6.07) is 15.6. The first-order valence-electron chi connectivity index (χ1n) is 8.31. The van der Waals surface area contributed by atoms with Gasteiger partial charge in [-0.1, -0.05) is 31.2 Å². The van der Waals surface area contributed by atoms with E-state index in [-0.39, 0.29) is 18.0 Å². The van der Waals surface area contributed by atoms with Crippen molar-refractivity contribution in [1.29, 1.82) is 0 Å². The second-order valence-electron chi connectivity index (χ2n) is 5.98. The number of methoxy groups -OCH3 is 1. The number of carbonyl (C=O) groups excluding carboxylic acids is 1. The Hall–Kier alpha value is -2.33. The van der Waals surface area contributed by atoms with Gasteiger partial charge in [-0.05, 0) is 55.7 Å². The molecule has 0 radical (unpaired) electrons. The van der Waals surface area contributed by atoms with Crippen molar-refractivity contribution < 1.29 is 9.53 Å². The maximum absolute atomic E-state index is 12.4. The Balaban J connectivity index is 1.99. The van der Waals surface area contributed by atoms with E-state index in [9.17, 15) is 4.79 Å². The van der Waals surface area contributed by atoms with E-state index in [0.29, 0.717) is 0 Å². The van der Waals surface area contributed by atoms with Crippen LogP contribution in [0.4, 0.5) is 5.69 Å². The lowest BCUT2D eigenvalue weighted by Gasteiger charge is -2.22. The van der Waals surface area contributed by atoms with Crippen LogP contribution >= 0.6 is 0 Å².